The Morgan fingerprint density at radius 1 is 0.385 bits per heavy atom. The summed E-state index contributed by atoms with van der Waals surface area (Å²) in [5.41, 5.74) is -6.08. The Bertz CT molecular complexity index is 761. The number of anilines is 2. The zero-order valence-corrected chi connectivity index (χ0v) is 13.9. The summed E-state index contributed by atoms with van der Waals surface area (Å²) in [6.45, 7) is 0. The van der Waals surface area contributed by atoms with E-state index >= 15 is 0 Å². The lowest BCUT2D eigenvalue weighted by Crippen LogP contribution is -2.18. The van der Waals surface area contributed by atoms with E-state index < -0.39 is 69.0 Å². The van der Waals surface area contributed by atoms with Gasteiger partial charge in [-0.3, -0.25) is 0 Å². The molecule has 0 saturated heterocycles. The number of hydrogen-bond donors (Lipinski definition) is 0. The first kappa shape index (κ1) is 19.8. The van der Waals surface area contributed by atoms with Crippen molar-refractivity contribution in [1.29, 1.82) is 0 Å². The zero-order chi connectivity index (χ0) is 20.1. The Morgan fingerprint density at radius 3 is 0.731 bits per heavy atom. The van der Waals surface area contributed by atoms with Crippen LogP contribution in [0, 0.1) is 46.5 Å². The average molecular weight is 384 g/mol. The molecule has 0 unspecified atom stereocenters. The maximum atomic E-state index is 14.2. The first-order valence-electron chi connectivity index (χ1n) is 7.00. The Labute approximate surface area is 143 Å². The Balaban J connectivity index is 3.00. The maximum Gasteiger partial charge on any atom is 0.185 e. The fourth-order valence-corrected chi connectivity index (χ4v) is 2.46. The highest BCUT2D eigenvalue weighted by atomic mass is 19.2. The molecule has 0 aliphatic rings. The van der Waals surface area contributed by atoms with Crippen molar-refractivity contribution in [2.45, 2.75) is 0 Å². The second-order valence-corrected chi connectivity index (χ2v) is 5.75. The summed E-state index contributed by atoms with van der Waals surface area (Å²) in [4.78, 5) is 1.37. The predicted molar refractivity (Wildman–Crippen MR) is 80.2 cm³/mol. The fraction of sp³-hybridized carbons (Fsp3) is 0.250. The van der Waals surface area contributed by atoms with E-state index in [2.05, 4.69) is 0 Å². The Kier molecular flexibility index (Phi) is 5.07. The monoisotopic (exact) mass is 384 g/mol. The van der Waals surface area contributed by atoms with Gasteiger partial charge in [0.05, 0.1) is 11.1 Å². The van der Waals surface area contributed by atoms with Gasteiger partial charge >= 0.3 is 0 Å². The van der Waals surface area contributed by atoms with Gasteiger partial charge in [-0.15, -0.1) is 0 Å². The lowest BCUT2D eigenvalue weighted by molar-refractivity contribution is 0.443. The maximum absolute atomic E-state index is 14.2. The lowest BCUT2D eigenvalue weighted by Gasteiger charge is -2.20. The van der Waals surface area contributed by atoms with Gasteiger partial charge in [-0.25, -0.2) is 35.1 Å². The second-order valence-electron chi connectivity index (χ2n) is 5.75. The molecule has 2 rings (SSSR count). The molecule has 2 aromatic carbocycles. The van der Waals surface area contributed by atoms with E-state index in [0.717, 1.165) is 28.2 Å². The van der Waals surface area contributed by atoms with Gasteiger partial charge < -0.3 is 9.80 Å². The van der Waals surface area contributed by atoms with Gasteiger partial charge in [0.15, 0.2) is 46.5 Å². The molecule has 0 bridgehead atoms. The molecule has 0 atom stereocenters. The molecule has 2 aromatic rings. The highest BCUT2D eigenvalue weighted by molar-refractivity contribution is 5.73. The van der Waals surface area contributed by atoms with Crippen LogP contribution in [0.4, 0.5) is 46.5 Å². The Morgan fingerprint density at radius 2 is 0.577 bits per heavy atom. The van der Waals surface area contributed by atoms with Crippen molar-refractivity contribution in [3.63, 3.8) is 0 Å². The van der Waals surface area contributed by atoms with Crippen LogP contribution in [0.3, 0.4) is 0 Å². The van der Waals surface area contributed by atoms with Gasteiger partial charge in [0.2, 0.25) is 0 Å². The van der Waals surface area contributed by atoms with Crippen LogP contribution in [0.5, 0.6) is 0 Å². The summed E-state index contributed by atoms with van der Waals surface area (Å²) < 4.78 is 113. The molecule has 0 aromatic heterocycles. The minimum absolute atomic E-state index is 0.684. The number of hydrogen-bond acceptors (Lipinski definition) is 2. The van der Waals surface area contributed by atoms with Crippen molar-refractivity contribution < 1.29 is 35.1 Å². The van der Waals surface area contributed by atoms with Crippen molar-refractivity contribution >= 4 is 11.4 Å². The minimum Gasteiger partial charge on any atom is -0.373 e. The van der Waals surface area contributed by atoms with Gasteiger partial charge in [0.25, 0.3) is 0 Å². The molecule has 26 heavy (non-hydrogen) atoms. The van der Waals surface area contributed by atoms with Crippen molar-refractivity contribution in [2.75, 3.05) is 38.0 Å². The van der Waals surface area contributed by atoms with Gasteiger partial charge in [-0.05, 0) is 0 Å². The third kappa shape index (κ3) is 2.73. The molecule has 0 aliphatic carbocycles. The predicted octanol–water partition coefficient (Wildman–Crippen LogP) is 4.60. The first-order chi connectivity index (χ1) is 11.9. The van der Waals surface area contributed by atoms with Crippen molar-refractivity contribution in [2.24, 2.45) is 0 Å². The number of benzene rings is 2. The van der Waals surface area contributed by atoms with E-state index in [9.17, 15) is 35.1 Å². The fourth-order valence-electron chi connectivity index (χ4n) is 2.46. The van der Waals surface area contributed by atoms with Crippen LogP contribution in [0.2, 0.25) is 0 Å². The summed E-state index contributed by atoms with van der Waals surface area (Å²) in [5, 5.41) is 0. The van der Waals surface area contributed by atoms with Crippen LogP contribution in [-0.2, 0) is 0 Å². The summed E-state index contributed by atoms with van der Waals surface area (Å²) >= 11 is 0. The molecule has 0 amide bonds. The molecule has 0 heterocycles. The largest absolute Gasteiger partial charge is 0.373 e. The van der Waals surface area contributed by atoms with E-state index in [4.69, 9.17) is 0 Å². The molecular formula is C16H12F8N2. The van der Waals surface area contributed by atoms with Crippen molar-refractivity contribution in [1.82, 2.24) is 0 Å². The summed E-state index contributed by atoms with van der Waals surface area (Å²) in [6.07, 6.45) is 0. The van der Waals surface area contributed by atoms with E-state index in [1.165, 1.54) is 0 Å². The van der Waals surface area contributed by atoms with Crippen molar-refractivity contribution in [3.8, 4) is 11.1 Å². The zero-order valence-electron chi connectivity index (χ0n) is 13.9. The number of halogens is 8. The number of rotatable bonds is 3. The van der Waals surface area contributed by atoms with E-state index in [1.807, 2.05) is 0 Å². The molecule has 0 aliphatic heterocycles. The number of nitrogens with zero attached hydrogens (tertiary/aromatic N) is 2. The van der Waals surface area contributed by atoms with Crippen LogP contribution in [-0.4, -0.2) is 28.2 Å². The molecule has 2 nitrogen and oxygen atoms in total. The summed E-state index contributed by atoms with van der Waals surface area (Å²) in [7, 11) is 4.25. The van der Waals surface area contributed by atoms with E-state index in [0.29, 0.717) is 9.80 Å². The summed E-state index contributed by atoms with van der Waals surface area (Å²) in [6, 6.07) is 0. The highest BCUT2D eigenvalue weighted by Gasteiger charge is 2.34. The average Bonchev–Trinajstić information content (AvgIpc) is 2.54. The molecular weight excluding hydrogens is 372 g/mol. The topological polar surface area (TPSA) is 6.48 Å². The van der Waals surface area contributed by atoms with Crippen LogP contribution < -0.4 is 9.80 Å². The molecule has 0 spiro atoms. The molecule has 142 valence electrons. The molecule has 10 heteroatoms. The molecule has 0 fully saturated rings. The Hall–Kier alpha value is -2.52. The third-order valence-electron chi connectivity index (χ3n) is 3.62. The normalized spacial score (nSPS) is 11.1. The molecule has 0 N–H and O–H groups in total. The highest BCUT2D eigenvalue weighted by Crippen LogP contribution is 2.41. The summed E-state index contributed by atoms with van der Waals surface area (Å²) in [5.74, 6) is -16.7. The molecule has 0 saturated carbocycles. The van der Waals surface area contributed by atoms with Gasteiger partial charge in [0.1, 0.15) is 11.4 Å². The first-order valence-corrected chi connectivity index (χ1v) is 7.00. The van der Waals surface area contributed by atoms with E-state index in [1.54, 1.807) is 0 Å². The standard InChI is InChI=1S/C16H12F8N2/c1-25(2)15-11(21)7(17)5(8(18)12(15)22)6-9(19)13(23)16(26(3)4)14(24)10(6)20/h1-4H3. The van der Waals surface area contributed by atoms with Gasteiger partial charge in [-0.1, -0.05) is 0 Å². The lowest BCUT2D eigenvalue weighted by atomic mass is 9.99. The molecule has 0 radical (unpaired) electrons. The smallest absolute Gasteiger partial charge is 0.185 e. The van der Waals surface area contributed by atoms with Crippen LogP contribution in [0.25, 0.3) is 11.1 Å². The minimum atomic E-state index is -2.19. The third-order valence-corrected chi connectivity index (χ3v) is 3.62. The van der Waals surface area contributed by atoms with Crippen LogP contribution in [0.1, 0.15) is 0 Å². The SMILES string of the molecule is CN(C)c1c(F)c(F)c(-c2c(F)c(F)c(N(C)C)c(F)c2F)c(F)c1F. The van der Waals surface area contributed by atoms with Gasteiger partial charge in [-0.2, -0.15) is 0 Å². The van der Waals surface area contributed by atoms with Gasteiger partial charge in [0, 0.05) is 28.2 Å². The quantitative estimate of drug-likeness (QED) is 0.564. The second kappa shape index (κ2) is 6.65. The van der Waals surface area contributed by atoms with Crippen LogP contribution in [0.15, 0.2) is 0 Å². The van der Waals surface area contributed by atoms with Crippen LogP contribution >= 0.6 is 0 Å². The van der Waals surface area contributed by atoms with E-state index in [-0.39, 0.29) is 0 Å². The van der Waals surface area contributed by atoms with Crippen molar-refractivity contribution in [3.05, 3.63) is 46.5 Å².